The molecule has 2 aliphatic heterocycles. The first-order valence-electron chi connectivity index (χ1n) is 6.50. The van der Waals surface area contributed by atoms with Crippen LogP contribution in [0, 0.1) is 0 Å². The number of halogens is 4. The minimum absolute atomic E-state index is 0.0694. The zero-order valence-corrected chi connectivity index (χ0v) is 10.2. The summed E-state index contributed by atoms with van der Waals surface area (Å²) in [6.07, 6.45) is 2.17. The summed E-state index contributed by atoms with van der Waals surface area (Å²) in [5, 5.41) is 6.07. The van der Waals surface area contributed by atoms with Gasteiger partial charge in [0.25, 0.3) is 11.8 Å². The van der Waals surface area contributed by atoms with Gasteiger partial charge in [0.1, 0.15) is 0 Å². The van der Waals surface area contributed by atoms with Crippen LogP contribution in [0.1, 0.15) is 38.5 Å². The van der Waals surface area contributed by atoms with Crippen LogP contribution >= 0.6 is 0 Å². The van der Waals surface area contributed by atoms with Crippen molar-refractivity contribution in [3.8, 4) is 0 Å². The predicted octanol–water partition coefficient (Wildman–Crippen LogP) is 2.30. The van der Waals surface area contributed by atoms with Gasteiger partial charge >= 0.3 is 0 Å². The lowest BCUT2D eigenvalue weighted by molar-refractivity contribution is -0.155. The molecule has 0 bridgehead atoms. The Balaban J connectivity index is 0.000000111. The van der Waals surface area contributed by atoms with E-state index >= 15 is 0 Å². The second-order valence-electron chi connectivity index (χ2n) is 6.33. The van der Waals surface area contributed by atoms with Crippen LogP contribution in [0.2, 0.25) is 0 Å². The standard InChI is InChI=1S/2C6H9F2N/c2*7-6(8)3-5(4-6)1-2-9-5/h2*9H,1-4H2. The normalized spacial score (nSPS) is 35.3. The van der Waals surface area contributed by atoms with Gasteiger partial charge in [0.15, 0.2) is 0 Å². The topological polar surface area (TPSA) is 24.1 Å². The van der Waals surface area contributed by atoms with E-state index in [2.05, 4.69) is 10.6 Å². The zero-order chi connectivity index (χ0) is 13.1. The highest BCUT2D eigenvalue weighted by Gasteiger charge is 2.59. The van der Waals surface area contributed by atoms with Crippen molar-refractivity contribution in [1.82, 2.24) is 10.6 Å². The van der Waals surface area contributed by atoms with Crippen LogP contribution in [0.3, 0.4) is 0 Å². The van der Waals surface area contributed by atoms with Gasteiger partial charge in [-0.2, -0.15) is 0 Å². The smallest absolute Gasteiger partial charge is 0.251 e. The largest absolute Gasteiger partial charge is 0.311 e. The average Bonchev–Trinajstić information content (AvgIpc) is 2.05. The molecule has 2 N–H and O–H groups in total. The Morgan fingerprint density at radius 2 is 0.889 bits per heavy atom. The zero-order valence-electron chi connectivity index (χ0n) is 10.2. The second kappa shape index (κ2) is 3.60. The van der Waals surface area contributed by atoms with Gasteiger partial charge in [-0.3, -0.25) is 0 Å². The third kappa shape index (κ3) is 2.13. The summed E-state index contributed by atoms with van der Waals surface area (Å²) in [6.45, 7) is 1.85. The molecule has 0 aromatic heterocycles. The summed E-state index contributed by atoms with van der Waals surface area (Å²) < 4.78 is 48.9. The molecule has 0 amide bonds. The quantitative estimate of drug-likeness (QED) is 0.657. The summed E-state index contributed by atoms with van der Waals surface area (Å²) in [5.41, 5.74) is -0.243. The van der Waals surface area contributed by atoms with Crippen LogP contribution in [0.15, 0.2) is 0 Å². The molecule has 0 atom stereocenters. The maximum absolute atomic E-state index is 12.2. The molecule has 4 fully saturated rings. The molecule has 6 heteroatoms. The molecule has 0 radical (unpaired) electrons. The molecule has 0 aromatic carbocycles. The predicted molar refractivity (Wildman–Crippen MR) is 59.1 cm³/mol. The molecule has 0 unspecified atom stereocenters. The monoisotopic (exact) mass is 266 g/mol. The molecule has 2 aliphatic carbocycles. The van der Waals surface area contributed by atoms with Crippen LogP contribution in [0.25, 0.3) is 0 Å². The van der Waals surface area contributed by atoms with Crippen molar-refractivity contribution in [2.24, 2.45) is 0 Å². The van der Waals surface area contributed by atoms with E-state index < -0.39 is 11.8 Å². The van der Waals surface area contributed by atoms with Crippen LogP contribution in [0.5, 0.6) is 0 Å². The van der Waals surface area contributed by atoms with Crippen molar-refractivity contribution in [3.63, 3.8) is 0 Å². The number of hydrogen-bond acceptors (Lipinski definition) is 2. The van der Waals surface area contributed by atoms with Crippen molar-refractivity contribution in [1.29, 1.82) is 0 Å². The Morgan fingerprint density at radius 1 is 0.611 bits per heavy atom. The van der Waals surface area contributed by atoms with Crippen molar-refractivity contribution in [3.05, 3.63) is 0 Å². The average molecular weight is 266 g/mol. The van der Waals surface area contributed by atoms with Gasteiger partial charge in [-0.05, 0) is 25.9 Å². The fourth-order valence-corrected chi connectivity index (χ4v) is 3.44. The highest BCUT2D eigenvalue weighted by molar-refractivity contribution is 5.11. The van der Waals surface area contributed by atoms with E-state index in [9.17, 15) is 17.6 Å². The van der Waals surface area contributed by atoms with Crippen molar-refractivity contribution in [2.75, 3.05) is 13.1 Å². The summed E-state index contributed by atoms with van der Waals surface area (Å²) in [4.78, 5) is 0. The van der Waals surface area contributed by atoms with E-state index in [0.717, 1.165) is 25.9 Å². The first kappa shape index (κ1) is 12.7. The number of alkyl halides is 4. The fraction of sp³-hybridized carbons (Fsp3) is 1.00. The molecule has 2 nitrogen and oxygen atoms in total. The van der Waals surface area contributed by atoms with Gasteiger partial charge in [0, 0.05) is 36.8 Å². The van der Waals surface area contributed by atoms with E-state index in [-0.39, 0.29) is 36.8 Å². The molecule has 2 saturated carbocycles. The first-order valence-corrected chi connectivity index (χ1v) is 6.50. The molecular formula is C12H18F4N2. The Labute approximate surface area is 103 Å². The maximum Gasteiger partial charge on any atom is 0.251 e. The summed E-state index contributed by atoms with van der Waals surface area (Å²) in [7, 11) is 0. The third-order valence-electron chi connectivity index (χ3n) is 4.60. The number of rotatable bonds is 0. The molecule has 4 aliphatic rings. The molecular weight excluding hydrogens is 248 g/mol. The number of nitrogens with one attached hydrogen (secondary N) is 2. The molecule has 2 heterocycles. The summed E-state index contributed by atoms with van der Waals surface area (Å²) in [6, 6.07) is 0. The van der Waals surface area contributed by atoms with Crippen LogP contribution in [-0.2, 0) is 0 Å². The van der Waals surface area contributed by atoms with E-state index in [0.29, 0.717) is 0 Å². The minimum Gasteiger partial charge on any atom is -0.311 e. The Morgan fingerprint density at radius 3 is 0.944 bits per heavy atom. The van der Waals surface area contributed by atoms with Crippen molar-refractivity contribution < 1.29 is 17.6 Å². The molecule has 2 spiro atoms. The lowest BCUT2D eigenvalue weighted by Gasteiger charge is -2.54. The molecule has 2 saturated heterocycles. The van der Waals surface area contributed by atoms with Gasteiger partial charge in [-0.25, -0.2) is 17.6 Å². The van der Waals surface area contributed by atoms with Crippen molar-refractivity contribution in [2.45, 2.75) is 61.4 Å². The Bertz CT molecular complexity index is 294. The van der Waals surface area contributed by atoms with E-state index in [1.54, 1.807) is 0 Å². The summed E-state index contributed by atoms with van der Waals surface area (Å²) in [5.74, 6) is -4.71. The molecule has 4 rings (SSSR count). The van der Waals surface area contributed by atoms with Gasteiger partial charge in [-0.1, -0.05) is 0 Å². The number of hydrogen-bond donors (Lipinski definition) is 2. The van der Waals surface area contributed by atoms with Gasteiger partial charge in [0.2, 0.25) is 0 Å². The lowest BCUT2D eigenvalue weighted by Crippen LogP contribution is -2.68. The first-order chi connectivity index (χ1) is 8.24. The third-order valence-corrected chi connectivity index (χ3v) is 4.60. The Kier molecular flexibility index (Phi) is 2.53. The van der Waals surface area contributed by atoms with Gasteiger partial charge in [0.05, 0.1) is 0 Å². The summed E-state index contributed by atoms with van der Waals surface area (Å²) >= 11 is 0. The van der Waals surface area contributed by atoms with E-state index in [1.807, 2.05) is 0 Å². The van der Waals surface area contributed by atoms with Crippen LogP contribution < -0.4 is 10.6 Å². The highest BCUT2D eigenvalue weighted by atomic mass is 19.3. The minimum atomic E-state index is -2.35. The van der Waals surface area contributed by atoms with E-state index in [1.165, 1.54) is 0 Å². The highest BCUT2D eigenvalue weighted by Crippen LogP contribution is 2.50. The SMILES string of the molecule is FC1(F)CC2(CCN2)C1.FC1(F)CC2(CCN2)C1. The molecule has 0 aromatic rings. The van der Waals surface area contributed by atoms with Gasteiger partial charge in [-0.15, -0.1) is 0 Å². The van der Waals surface area contributed by atoms with Crippen LogP contribution in [-0.4, -0.2) is 36.0 Å². The molecule has 104 valence electrons. The maximum atomic E-state index is 12.2. The van der Waals surface area contributed by atoms with Crippen LogP contribution in [0.4, 0.5) is 17.6 Å². The van der Waals surface area contributed by atoms with E-state index in [4.69, 9.17) is 0 Å². The lowest BCUT2D eigenvalue weighted by atomic mass is 9.67. The van der Waals surface area contributed by atoms with Gasteiger partial charge < -0.3 is 10.6 Å². The Hall–Kier alpha value is -0.360. The van der Waals surface area contributed by atoms with Crippen molar-refractivity contribution >= 4 is 0 Å². The fourth-order valence-electron chi connectivity index (χ4n) is 3.44. The molecule has 18 heavy (non-hydrogen) atoms. The second-order valence-corrected chi connectivity index (χ2v) is 6.33.